The largest absolute Gasteiger partial charge is 0.394 e. The van der Waals surface area contributed by atoms with Gasteiger partial charge in [-0.15, -0.1) is 0 Å². The highest BCUT2D eigenvalue weighted by Crippen LogP contribution is 2.31. The van der Waals surface area contributed by atoms with E-state index in [1.807, 2.05) is 0 Å². The summed E-state index contributed by atoms with van der Waals surface area (Å²) < 4.78 is 13.1. The number of H-pyrrole nitrogens is 1. The summed E-state index contributed by atoms with van der Waals surface area (Å²) in [5, 5.41) is 13.0. The highest BCUT2D eigenvalue weighted by molar-refractivity contribution is 5.77. The molecule has 0 radical (unpaired) electrons. The van der Waals surface area contributed by atoms with E-state index in [-0.39, 0.29) is 18.0 Å². The molecule has 1 saturated carbocycles. The molecule has 5 heteroatoms. The van der Waals surface area contributed by atoms with Gasteiger partial charge in [0.05, 0.1) is 23.2 Å². The van der Waals surface area contributed by atoms with Crippen LogP contribution in [-0.2, 0) is 0 Å². The van der Waals surface area contributed by atoms with Crippen LogP contribution in [0.3, 0.4) is 0 Å². The standard InChI is InChI=1S/C14H18FN3O/c15-10-4-5-11-12(8-10)17-13(16-11)18-14(9-19)6-2-1-3-7-14/h4-5,8,19H,1-3,6-7,9H2,(H2,16,17,18). The molecule has 19 heavy (non-hydrogen) atoms. The minimum atomic E-state index is -0.287. The zero-order chi connectivity index (χ0) is 13.3. The molecule has 3 rings (SSSR count). The summed E-state index contributed by atoms with van der Waals surface area (Å²) in [7, 11) is 0. The van der Waals surface area contributed by atoms with Gasteiger partial charge in [0.1, 0.15) is 5.82 Å². The fraction of sp³-hybridized carbons (Fsp3) is 0.500. The van der Waals surface area contributed by atoms with Crippen molar-refractivity contribution in [3.63, 3.8) is 0 Å². The lowest BCUT2D eigenvalue weighted by Crippen LogP contribution is -2.44. The van der Waals surface area contributed by atoms with Crippen LogP contribution in [-0.4, -0.2) is 27.2 Å². The Bertz CT molecular complexity index is 575. The number of nitrogens with one attached hydrogen (secondary N) is 2. The molecule has 0 bridgehead atoms. The van der Waals surface area contributed by atoms with Gasteiger partial charge in [0.15, 0.2) is 0 Å². The molecule has 0 spiro atoms. The van der Waals surface area contributed by atoms with Crippen LogP contribution < -0.4 is 5.32 Å². The van der Waals surface area contributed by atoms with Crippen LogP contribution in [0.5, 0.6) is 0 Å². The lowest BCUT2D eigenvalue weighted by molar-refractivity contribution is 0.172. The SMILES string of the molecule is OCC1(Nc2nc3ccc(F)cc3[nH]2)CCCCC1. The van der Waals surface area contributed by atoms with Crippen molar-refractivity contribution in [1.29, 1.82) is 0 Å². The number of aromatic amines is 1. The molecule has 0 amide bonds. The van der Waals surface area contributed by atoms with Gasteiger partial charge in [0.2, 0.25) is 5.95 Å². The molecule has 0 atom stereocenters. The number of nitrogens with zero attached hydrogens (tertiary/aromatic N) is 1. The van der Waals surface area contributed by atoms with Crippen molar-refractivity contribution < 1.29 is 9.50 Å². The van der Waals surface area contributed by atoms with E-state index in [0.717, 1.165) is 31.2 Å². The van der Waals surface area contributed by atoms with E-state index < -0.39 is 0 Å². The molecule has 2 aromatic rings. The maximum atomic E-state index is 13.1. The molecule has 1 aliphatic rings. The lowest BCUT2D eigenvalue weighted by atomic mass is 9.82. The van der Waals surface area contributed by atoms with Crippen molar-refractivity contribution in [2.45, 2.75) is 37.6 Å². The summed E-state index contributed by atoms with van der Waals surface area (Å²) in [5.41, 5.74) is 1.12. The molecule has 0 saturated heterocycles. The topological polar surface area (TPSA) is 60.9 Å². The van der Waals surface area contributed by atoms with Crippen LogP contribution >= 0.6 is 0 Å². The van der Waals surface area contributed by atoms with Gasteiger partial charge >= 0.3 is 0 Å². The molecule has 3 N–H and O–H groups in total. The van der Waals surface area contributed by atoms with Crippen LogP contribution in [0.4, 0.5) is 10.3 Å². The second kappa shape index (κ2) is 4.81. The van der Waals surface area contributed by atoms with Crippen molar-refractivity contribution >= 4 is 17.0 Å². The van der Waals surface area contributed by atoms with Gasteiger partial charge in [0.25, 0.3) is 0 Å². The number of hydrogen-bond donors (Lipinski definition) is 3. The molecule has 102 valence electrons. The Morgan fingerprint density at radius 1 is 1.32 bits per heavy atom. The lowest BCUT2D eigenvalue weighted by Gasteiger charge is -2.36. The van der Waals surface area contributed by atoms with E-state index in [1.165, 1.54) is 18.6 Å². The van der Waals surface area contributed by atoms with E-state index in [1.54, 1.807) is 6.07 Å². The van der Waals surface area contributed by atoms with Gasteiger partial charge in [-0.25, -0.2) is 9.37 Å². The molecular weight excluding hydrogens is 245 g/mol. The molecule has 1 heterocycles. The average molecular weight is 263 g/mol. The molecule has 1 fully saturated rings. The van der Waals surface area contributed by atoms with Crippen molar-refractivity contribution in [2.24, 2.45) is 0 Å². The summed E-state index contributed by atoms with van der Waals surface area (Å²) in [4.78, 5) is 7.47. The average Bonchev–Trinajstić information content (AvgIpc) is 2.81. The Labute approximate surface area is 111 Å². The normalized spacial score (nSPS) is 18.6. The zero-order valence-corrected chi connectivity index (χ0v) is 10.7. The number of aliphatic hydroxyl groups is 1. The number of aromatic nitrogens is 2. The van der Waals surface area contributed by atoms with Crippen molar-refractivity contribution in [1.82, 2.24) is 9.97 Å². The third kappa shape index (κ3) is 2.42. The van der Waals surface area contributed by atoms with E-state index in [2.05, 4.69) is 15.3 Å². The Balaban J connectivity index is 1.87. The Kier molecular flexibility index (Phi) is 3.14. The molecule has 0 aliphatic heterocycles. The first-order chi connectivity index (χ1) is 9.21. The highest BCUT2D eigenvalue weighted by atomic mass is 19.1. The number of halogens is 1. The predicted octanol–water partition coefficient (Wildman–Crippen LogP) is 2.81. The van der Waals surface area contributed by atoms with Crippen molar-refractivity contribution in [3.05, 3.63) is 24.0 Å². The number of imidazole rings is 1. The number of rotatable bonds is 3. The van der Waals surface area contributed by atoms with E-state index in [4.69, 9.17) is 0 Å². The van der Waals surface area contributed by atoms with Crippen LogP contribution in [0.25, 0.3) is 11.0 Å². The fourth-order valence-electron chi connectivity index (χ4n) is 2.84. The third-order valence-electron chi connectivity index (χ3n) is 3.94. The van der Waals surface area contributed by atoms with E-state index >= 15 is 0 Å². The van der Waals surface area contributed by atoms with Gasteiger partial charge in [-0.3, -0.25) is 0 Å². The van der Waals surface area contributed by atoms with Gasteiger partial charge in [-0.1, -0.05) is 19.3 Å². The van der Waals surface area contributed by atoms with Gasteiger partial charge in [0, 0.05) is 0 Å². The minimum Gasteiger partial charge on any atom is -0.394 e. The second-order valence-corrected chi connectivity index (χ2v) is 5.37. The maximum Gasteiger partial charge on any atom is 0.201 e. The van der Waals surface area contributed by atoms with Crippen molar-refractivity contribution in [3.8, 4) is 0 Å². The number of fused-ring (bicyclic) bond motifs is 1. The molecule has 0 unspecified atom stereocenters. The summed E-state index contributed by atoms with van der Waals surface area (Å²) >= 11 is 0. The summed E-state index contributed by atoms with van der Waals surface area (Å²) in [6.45, 7) is 0.0956. The Morgan fingerprint density at radius 3 is 2.84 bits per heavy atom. The molecule has 1 aromatic heterocycles. The summed E-state index contributed by atoms with van der Waals surface area (Å²) in [6, 6.07) is 4.48. The second-order valence-electron chi connectivity index (χ2n) is 5.37. The first-order valence-corrected chi connectivity index (χ1v) is 6.75. The Morgan fingerprint density at radius 2 is 2.11 bits per heavy atom. The summed E-state index contributed by atoms with van der Waals surface area (Å²) in [5.74, 6) is 0.328. The maximum absolute atomic E-state index is 13.1. The molecular formula is C14H18FN3O. The van der Waals surface area contributed by atoms with Gasteiger partial charge in [-0.2, -0.15) is 0 Å². The molecule has 1 aromatic carbocycles. The number of benzene rings is 1. The van der Waals surface area contributed by atoms with Gasteiger partial charge < -0.3 is 15.4 Å². The Hall–Kier alpha value is -1.62. The monoisotopic (exact) mass is 263 g/mol. The van der Waals surface area contributed by atoms with Crippen LogP contribution in [0.1, 0.15) is 32.1 Å². The number of aliphatic hydroxyl groups excluding tert-OH is 1. The summed E-state index contributed by atoms with van der Waals surface area (Å²) in [6.07, 6.45) is 5.32. The van der Waals surface area contributed by atoms with Gasteiger partial charge in [-0.05, 0) is 31.0 Å². The van der Waals surface area contributed by atoms with E-state index in [9.17, 15) is 9.50 Å². The predicted molar refractivity (Wildman–Crippen MR) is 72.6 cm³/mol. The highest BCUT2D eigenvalue weighted by Gasteiger charge is 2.31. The zero-order valence-electron chi connectivity index (χ0n) is 10.7. The van der Waals surface area contributed by atoms with E-state index in [0.29, 0.717) is 11.5 Å². The van der Waals surface area contributed by atoms with Crippen LogP contribution in [0.2, 0.25) is 0 Å². The number of hydrogen-bond acceptors (Lipinski definition) is 3. The first kappa shape index (κ1) is 12.4. The van der Waals surface area contributed by atoms with Crippen LogP contribution in [0.15, 0.2) is 18.2 Å². The fourth-order valence-corrected chi connectivity index (χ4v) is 2.84. The quantitative estimate of drug-likeness (QED) is 0.798. The minimum absolute atomic E-state index is 0.0956. The van der Waals surface area contributed by atoms with Crippen molar-refractivity contribution in [2.75, 3.05) is 11.9 Å². The third-order valence-corrected chi connectivity index (χ3v) is 3.94. The smallest absolute Gasteiger partial charge is 0.201 e. The number of anilines is 1. The first-order valence-electron chi connectivity index (χ1n) is 6.75. The molecule has 4 nitrogen and oxygen atoms in total. The van der Waals surface area contributed by atoms with Crippen LogP contribution in [0, 0.1) is 5.82 Å². The molecule has 1 aliphatic carbocycles.